The van der Waals surface area contributed by atoms with Crippen molar-refractivity contribution in [1.29, 1.82) is 0 Å². The van der Waals surface area contributed by atoms with Gasteiger partial charge in [-0.2, -0.15) is 0 Å². The van der Waals surface area contributed by atoms with E-state index in [1.54, 1.807) is 12.1 Å². The number of hydrogen-bond donors (Lipinski definition) is 4. The van der Waals surface area contributed by atoms with Gasteiger partial charge in [0.2, 0.25) is 0 Å². The van der Waals surface area contributed by atoms with Gasteiger partial charge in [-0.3, -0.25) is 8.42 Å². The molecule has 0 spiro atoms. The van der Waals surface area contributed by atoms with E-state index < -0.39 is 22.3 Å². The van der Waals surface area contributed by atoms with Crippen molar-refractivity contribution in [1.82, 2.24) is 0 Å². The molecular weight excluding hydrogens is 629 g/mol. The van der Waals surface area contributed by atoms with Crippen LogP contribution in [0.5, 0.6) is 11.5 Å². The van der Waals surface area contributed by atoms with Gasteiger partial charge in [-0.25, -0.2) is 0 Å². The number of rotatable bonds is 6. The zero-order chi connectivity index (χ0) is 31.4. The SMILES string of the molecule is C[N+](C)(C)CCO.C[N+](C)(C)CCO.O.O.O.O.O=C([O-])c1ccccc1O.O=C([O-])c1ccccc1O.O=S(=O)([O-])[O-].[Mg+2]. The first-order valence-electron chi connectivity index (χ1n) is 11.0. The average molecular weight is 675 g/mol. The summed E-state index contributed by atoms with van der Waals surface area (Å²) in [6.07, 6.45) is 0. The Morgan fingerprint density at radius 2 is 0.841 bits per heavy atom. The number of aliphatic hydroxyl groups excluding tert-OH is 2. The molecule has 256 valence electrons. The number of aromatic hydroxyl groups is 2. The Labute approximate surface area is 273 Å². The van der Waals surface area contributed by atoms with Crippen molar-refractivity contribution in [3.05, 3.63) is 59.7 Å². The number of likely N-dealkylation sites (N-methyl/N-ethyl adjacent to an activating group) is 2. The number of carbonyl (C=O) groups is 2. The molecule has 18 nitrogen and oxygen atoms in total. The number of phenols is 2. The van der Waals surface area contributed by atoms with Crippen molar-refractivity contribution in [2.45, 2.75) is 0 Å². The van der Waals surface area contributed by atoms with E-state index in [4.69, 9.17) is 37.9 Å². The van der Waals surface area contributed by atoms with Gasteiger partial charge in [0.15, 0.2) is 0 Å². The Hall–Kier alpha value is -2.70. The number of carbonyl (C=O) groups excluding carboxylic acids is 2. The van der Waals surface area contributed by atoms with E-state index in [0.29, 0.717) is 0 Å². The van der Waals surface area contributed by atoms with Crippen LogP contribution in [0.1, 0.15) is 20.7 Å². The van der Waals surface area contributed by atoms with Crippen LogP contribution >= 0.6 is 0 Å². The van der Waals surface area contributed by atoms with Gasteiger partial charge in [-0.1, -0.05) is 24.3 Å². The summed E-state index contributed by atoms with van der Waals surface area (Å²) in [6.45, 7) is 2.23. The second kappa shape index (κ2) is 30.3. The second-order valence-electron chi connectivity index (χ2n) is 9.49. The molecule has 2 aromatic rings. The third-order valence-electron chi connectivity index (χ3n) is 3.79. The molecule has 0 bridgehead atoms. The summed E-state index contributed by atoms with van der Waals surface area (Å²) in [4.78, 5) is 20.3. The number of quaternary nitrogens is 2. The molecule has 44 heavy (non-hydrogen) atoms. The molecule has 0 atom stereocenters. The maximum Gasteiger partial charge on any atom is 2.00 e. The fourth-order valence-corrected chi connectivity index (χ4v) is 1.89. The fraction of sp³-hybridized carbons (Fsp3) is 0.417. The third kappa shape index (κ3) is 46.3. The van der Waals surface area contributed by atoms with Crippen molar-refractivity contribution in [2.75, 3.05) is 68.6 Å². The van der Waals surface area contributed by atoms with Gasteiger partial charge in [-0.05, 0) is 24.3 Å². The van der Waals surface area contributed by atoms with Crippen LogP contribution < -0.4 is 10.2 Å². The first-order chi connectivity index (χ1) is 17.6. The van der Waals surface area contributed by atoms with Crippen molar-refractivity contribution >= 4 is 45.4 Å². The molecule has 0 aliphatic carbocycles. The van der Waals surface area contributed by atoms with Gasteiger partial charge in [0.1, 0.15) is 24.6 Å². The van der Waals surface area contributed by atoms with Gasteiger partial charge < -0.3 is 80.2 Å². The van der Waals surface area contributed by atoms with Gasteiger partial charge >= 0.3 is 23.1 Å². The molecule has 2 aromatic carbocycles. The predicted molar refractivity (Wildman–Crippen MR) is 156 cm³/mol. The maximum absolute atomic E-state index is 10.2. The van der Waals surface area contributed by atoms with Crippen molar-refractivity contribution in [2.24, 2.45) is 0 Å². The van der Waals surface area contributed by atoms with Crippen LogP contribution in [-0.4, -0.2) is 172 Å². The Bertz CT molecular complexity index is 1010. The number of carboxylic acids is 2. The van der Waals surface area contributed by atoms with Gasteiger partial charge in [0, 0.05) is 21.5 Å². The van der Waals surface area contributed by atoms with E-state index in [0.717, 1.165) is 22.1 Å². The van der Waals surface area contributed by atoms with Gasteiger partial charge in [-0.15, -0.1) is 0 Å². The summed E-state index contributed by atoms with van der Waals surface area (Å²) in [5, 5.41) is 54.8. The molecule has 0 aliphatic rings. The Kier molecular flexibility index (Phi) is 41.7. The summed E-state index contributed by atoms with van der Waals surface area (Å²) in [6, 6.07) is 11.3. The van der Waals surface area contributed by atoms with E-state index >= 15 is 0 Å². The molecule has 0 saturated heterocycles. The smallest absolute Gasteiger partial charge is 0.759 e. The summed E-state index contributed by atoms with van der Waals surface area (Å²) < 4.78 is 35.8. The third-order valence-corrected chi connectivity index (χ3v) is 3.79. The number of carboxylic acid groups (broad SMARTS) is 2. The van der Waals surface area contributed by atoms with Crippen LogP contribution in [0.25, 0.3) is 0 Å². The van der Waals surface area contributed by atoms with Crippen LogP contribution in [0.4, 0.5) is 0 Å². The Morgan fingerprint density at radius 1 is 0.636 bits per heavy atom. The van der Waals surface area contributed by atoms with Crippen LogP contribution in [0.3, 0.4) is 0 Å². The number of aliphatic hydroxyl groups is 2. The number of benzene rings is 2. The summed E-state index contributed by atoms with van der Waals surface area (Å²) in [5.41, 5.74) is -0.356. The van der Waals surface area contributed by atoms with Gasteiger partial charge in [0.25, 0.3) is 0 Å². The number of aromatic carboxylic acids is 2. The summed E-state index contributed by atoms with van der Waals surface area (Å²) >= 11 is 0. The summed E-state index contributed by atoms with van der Waals surface area (Å²) in [5.74, 6) is -3.25. The standard InChI is InChI=1S/2C7H6O3.2C5H14NO.Mg.H2O4S.4H2O/c2*8-6-4-2-1-3-5(6)7(9)10;2*1-6(2,3)4-5-7;;1-5(2,3)4;;;;/h2*1-4,8H,(H,9,10);2*7H,4-5H2,1-3H3;;(H2,1,2,3,4);4*1H2/q;;2*+1;+2;;;;;/p-4. The van der Waals surface area contributed by atoms with E-state index in [-0.39, 0.29) is 80.8 Å². The van der Waals surface area contributed by atoms with E-state index in [2.05, 4.69) is 42.3 Å². The predicted octanol–water partition coefficient (Wildman–Crippen LogP) is -6.14. The molecule has 0 heterocycles. The molecule has 0 amide bonds. The van der Waals surface area contributed by atoms with Crippen LogP contribution in [-0.2, 0) is 10.4 Å². The quantitative estimate of drug-likeness (QED) is 0.0962. The minimum Gasteiger partial charge on any atom is -0.759 e. The Morgan fingerprint density at radius 3 is 0.932 bits per heavy atom. The largest absolute Gasteiger partial charge is 2.00 e. The maximum atomic E-state index is 10.2. The van der Waals surface area contributed by atoms with Crippen molar-refractivity contribution in [3.8, 4) is 11.5 Å². The first kappa shape index (κ1) is 60.5. The molecular formula is C24H46MgN2O16S. The molecule has 20 heteroatoms. The average Bonchev–Trinajstić information content (AvgIpc) is 2.72. The monoisotopic (exact) mass is 674 g/mol. The summed E-state index contributed by atoms with van der Waals surface area (Å²) in [7, 11) is 7.14. The van der Waals surface area contributed by atoms with Crippen molar-refractivity contribution in [3.63, 3.8) is 0 Å². The van der Waals surface area contributed by atoms with Crippen LogP contribution in [0, 0.1) is 0 Å². The van der Waals surface area contributed by atoms with Gasteiger partial charge in [0.05, 0.1) is 67.4 Å². The zero-order valence-electron chi connectivity index (χ0n) is 25.5. The minimum absolute atomic E-state index is 0. The normalized spacial score (nSPS) is 9.32. The Balaban J connectivity index is -0.0000000609. The van der Waals surface area contributed by atoms with Crippen LogP contribution in [0.2, 0.25) is 0 Å². The topological polar surface area (TPSA) is 367 Å². The molecule has 12 N–H and O–H groups in total. The molecule has 2 rings (SSSR count). The second-order valence-corrected chi connectivity index (χ2v) is 10.3. The molecule has 0 aromatic heterocycles. The molecule has 0 radical (unpaired) electrons. The van der Waals surface area contributed by atoms with E-state index in [9.17, 15) is 19.8 Å². The van der Waals surface area contributed by atoms with E-state index in [1.165, 1.54) is 36.4 Å². The molecule has 0 aliphatic heterocycles. The number of para-hydroxylation sites is 2. The zero-order valence-corrected chi connectivity index (χ0v) is 27.7. The van der Waals surface area contributed by atoms with Crippen LogP contribution in [0.15, 0.2) is 48.5 Å². The molecule has 0 fully saturated rings. The fourth-order valence-electron chi connectivity index (χ4n) is 1.89. The number of hydrogen-bond acceptors (Lipinski definition) is 12. The molecule has 0 saturated carbocycles. The first-order valence-corrected chi connectivity index (χ1v) is 12.4. The minimum atomic E-state index is -5.17. The molecule has 0 unspecified atom stereocenters. The van der Waals surface area contributed by atoms with Crippen molar-refractivity contribution < 1.29 is 88.6 Å². The van der Waals surface area contributed by atoms with E-state index in [1.807, 2.05) is 0 Å². The number of nitrogens with zero attached hydrogens (tertiary/aromatic N) is 2.